The highest BCUT2D eigenvalue weighted by atomic mass is 35.5. The molecule has 4 rings (SSSR count). The van der Waals surface area contributed by atoms with Gasteiger partial charge in [0.25, 0.3) is 0 Å². The van der Waals surface area contributed by atoms with E-state index in [0.29, 0.717) is 39.1 Å². The van der Waals surface area contributed by atoms with E-state index >= 15 is 0 Å². The maximum absolute atomic E-state index is 12.4. The van der Waals surface area contributed by atoms with Crippen LogP contribution in [0.4, 0.5) is 5.95 Å². The molecular weight excluding hydrogens is 399 g/mol. The van der Waals surface area contributed by atoms with Crippen LogP contribution in [0, 0.1) is 5.92 Å². The van der Waals surface area contributed by atoms with E-state index in [2.05, 4.69) is 20.3 Å². The third-order valence-corrected chi connectivity index (χ3v) is 5.89. The molecule has 2 aromatic heterocycles. The fourth-order valence-electron chi connectivity index (χ4n) is 3.64. The van der Waals surface area contributed by atoms with Crippen molar-refractivity contribution in [1.82, 2.24) is 19.5 Å². The Balaban J connectivity index is 1.56. The molecule has 4 N–H and O–H groups in total. The number of hydrogen-bond donors (Lipinski definition) is 3. The largest absolute Gasteiger partial charge is 0.354 e. The number of nitrogens with one attached hydrogen (secondary N) is 2. The molecule has 0 amide bonds. The number of nitrogens with zero attached hydrogens (tertiary/aromatic N) is 3. The third-order valence-electron chi connectivity index (χ3n) is 5.29. The Morgan fingerprint density at radius 2 is 2.04 bits per heavy atom. The summed E-state index contributed by atoms with van der Waals surface area (Å²) in [5.74, 6) is 1.07. The number of imidazole rings is 1. The van der Waals surface area contributed by atoms with Gasteiger partial charge in [-0.3, -0.25) is 4.57 Å². The predicted octanol–water partition coefficient (Wildman–Crippen LogP) is 3.40. The summed E-state index contributed by atoms with van der Waals surface area (Å²) in [4.78, 5) is 24.1. The molecule has 28 heavy (non-hydrogen) atoms. The van der Waals surface area contributed by atoms with Crippen LogP contribution in [0.2, 0.25) is 10.0 Å². The molecule has 0 radical (unpaired) electrons. The standard InChI is InChI=1S/C19H22Cl2N6O/c20-13-3-6-15(21)12(7-13)10-27-17-16(25-19(27)28)9-24-18(26-17)23-8-11-1-4-14(22)5-2-11/h3,6-7,9,11,14H,1-2,4-5,8,10,22H2,(H,25,28)(H,23,24,26)/t11-,14-. The van der Waals surface area contributed by atoms with Crippen molar-refractivity contribution in [3.63, 3.8) is 0 Å². The number of aromatic nitrogens is 4. The molecule has 0 atom stereocenters. The molecule has 1 aliphatic carbocycles. The first-order valence-electron chi connectivity index (χ1n) is 9.38. The van der Waals surface area contributed by atoms with Gasteiger partial charge in [-0.15, -0.1) is 0 Å². The molecule has 0 aliphatic heterocycles. The van der Waals surface area contributed by atoms with E-state index in [0.717, 1.165) is 37.8 Å². The van der Waals surface area contributed by atoms with Crippen LogP contribution in [0.25, 0.3) is 11.2 Å². The molecule has 9 heteroatoms. The maximum atomic E-state index is 12.4. The van der Waals surface area contributed by atoms with Crippen molar-refractivity contribution in [2.24, 2.45) is 11.7 Å². The number of hydrogen-bond acceptors (Lipinski definition) is 5. The van der Waals surface area contributed by atoms with Gasteiger partial charge in [0.15, 0.2) is 5.65 Å². The fraction of sp³-hybridized carbons (Fsp3) is 0.421. The van der Waals surface area contributed by atoms with Crippen LogP contribution >= 0.6 is 23.2 Å². The molecule has 0 unspecified atom stereocenters. The number of aromatic amines is 1. The summed E-state index contributed by atoms with van der Waals surface area (Å²) in [6.45, 7) is 1.07. The monoisotopic (exact) mass is 420 g/mol. The molecule has 1 aromatic carbocycles. The van der Waals surface area contributed by atoms with Crippen molar-refractivity contribution in [2.75, 3.05) is 11.9 Å². The van der Waals surface area contributed by atoms with Gasteiger partial charge in [-0.2, -0.15) is 4.98 Å². The second-order valence-corrected chi connectivity index (χ2v) is 8.19. The van der Waals surface area contributed by atoms with Gasteiger partial charge in [-0.25, -0.2) is 9.78 Å². The van der Waals surface area contributed by atoms with Gasteiger partial charge in [0.1, 0.15) is 5.52 Å². The molecular formula is C19H22Cl2N6O. The first kappa shape index (κ1) is 19.2. The van der Waals surface area contributed by atoms with E-state index in [1.165, 1.54) is 0 Å². The van der Waals surface area contributed by atoms with Crippen LogP contribution in [0.3, 0.4) is 0 Å². The van der Waals surface area contributed by atoms with E-state index in [-0.39, 0.29) is 12.2 Å². The van der Waals surface area contributed by atoms with Crippen molar-refractivity contribution < 1.29 is 0 Å². The Labute approximate surface area is 172 Å². The van der Waals surface area contributed by atoms with Crippen molar-refractivity contribution in [1.29, 1.82) is 0 Å². The minimum Gasteiger partial charge on any atom is -0.354 e. The van der Waals surface area contributed by atoms with Crippen LogP contribution in [0.15, 0.2) is 29.2 Å². The first-order valence-corrected chi connectivity index (χ1v) is 10.1. The average Bonchev–Trinajstić information content (AvgIpc) is 2.99. The van der Waals surface area contributed by atoms with E-state index in [1.54, 1.807) is 29.0 Å². The van der Waals surface area contributed by atoms with Crippen molar-refractivity contribution >= 4 is 40.3 Å². The summed E-state index contributed by atoms with van der Waals surface area (Å²) in [6, 6.07) is 5.52. The number of halogens is 2. The zero-order chi connectivity index (χ0) is 19.7. The second-order valence-electron chi connectivity index (χ2n) is 7.34. The molecule has 1 aliphatic rings. The van der Waals surface area contributed by atoms with E-state index in [4.69, 9.17) is 28.9 Å². The zero-order valence-corrected chi connectivity index (χ0v) is 16.8. The summed E-state index contributed by atoms with van der Waals surface area (Å²) in [7, 11) is 0. The highest BCUT2D eigenvalue weighted by Crippen LogP contribution is 2.24. The van der Waals surface area contributed by atoms with Gasteiger partial charge in [0, 0.05) is 22.6 Å². The third kappa shape index (κ3) is 4.16. The predicted molar refractivity (Wildman–Crippen MR) is 112 cm³/mol. The molecule has 1 fully saturated rings. The highest BCUT2D eigenvalue weighted by molar-refractivity contribution is 6.33. The number of nitrogens with two attached hydrogens (primary N) is 1. The Hall–Kier alpha value is -2.09. The van der Waals surface area contributed by atoms with E-state index in [9.17, 15) is 4.79 Å². The average molecular weight is 421 g/mol. The topological polar surface area (TPSA) is 102 Å². The van der Waals surface area contributed by atoms with Crippen LogP contribution < -0.4 is 16.7 Å². The Morgan fingerprint density at radius 1 is 1.25 bits per heavy atom. The van der Waals surface area contributed by atoms with Crippen molar-refractivity contribution in [2.45, 2.75) is 38.3 Å². The van der Waals surface area contributed by atoms with Crippen LogP contribution in [-0.4, -0.2) is 32.1 Å². The zero-order valence-electron chi connectivity index (χ0n) is 15.3. The van der Waals surface area contributed by atoms with Crippen LogP contribution in [-0.2, 0) is 6.54 Å². The van der Waals surface area contributed by atoms with Crippen LogP contribution in [0.1, 0.15) is 31.2 Å². The second kappa shape index (κ2) is 8.11. The van der Waals surface area contributed by atoms with Gasteiger partial charge < -0.3 is 16.0 Å². The summed E-state index contributed by atoms with van der Waals surface area (Å²) >= 11 is 12.3. The fourth-order valence-corrected chi connectivity index (χ4v) is 4.01. The molecule has 3 aromatic rings. The molecule has 7 nitrogen and oxygen atoms in total. The molecule has 1 saturated carbocycles. The SMILES string of the molecule is N[C@H]1CC[C@H](CNc2ncc3[nH]c(=O)n(Cc4cc(Cl)ccc4Cl)c3n2)CC1. The highest BCUT2D eigenvalue weighted by Gasteiger charge is 2.19. The molecule has 0 saturated heterocycles. The van der Waals surface area contributed by atoms with Gasteiger partial charge >= 0.3 is 5.69 Å². The Bertz CT molecular complexity index is 1040. The van der Waals surface area contributed by atoms with Crippen molar-refractivity contribution in [3.8, 4) is 0 Å². The van der Waals surface area contributed by atoms with E-state index in [1.807, 2.05) is 0 Å². The van der Waals surface area contributed by atoms with Gasteiger partial charge in [0.05, 0.1) is 12.7 Å². The Kier molecular flexibility index (Phi) is 5.57. The molecule has 0 spiro atoms. The molecule has 148 valence electrons. The quantitative estimate of drug-likeness (QED) is 0.586. The Morgan fingerprint density at radius 3 is 2.82 bits per heavy atom. The van der Waals surface area contributed by atoms with Gasteiger partial charge in [-0.1, -0.05) is 23.2 Å². The lowest BCUT2D eigenvalue weighted by atomic mass is 9.86. The minimum atomic E-state index is -0.265. The van der Waals surface area contributed by atoms with Crippen molar-refractivity contribution in [3.05, 3.63) is 50.5 Å². The van der Waals surface area contributed by atoms with Gasteiger partial charge in [-0.05, 0) is 55.4 Å². The lowest BCUT2D eigenvalue weighted by Crippen LogP contribution is -2.29. The summed E-state index contributed by atoms with van der Waals surface area (Å²) in [5.41, 5.74) is 7.57. The normalized spacial score (nSPS) is 19.8. The number of H-pyrrole nitrogens is 1. The number of anilines is 1. The van der Waals surface area contributed by atoms with Gasteiger partial charge in [0.2, 0.25) is 5.95 Å². The van der Waals surface area contributed by atoms with E-state index < -0.39 is 0 Å². The number of benzene rings is 1. The minimum absolute atomic E-state index is 0.265. The number of rotatable bonds is 5. The summed E-state index contributed by atoms with van der Waals surface area (Å²) in [5, 5.41) is 4.42. The van der Waals surface area contributed by atoms with Crippen LogP contribution in [0.5, 0.6) is 0 Å². The first-order chi connectivity index (χ1) is 13.5. The maximum Gasteiger partial charge on any atom is 0.328 e. The lowest BCUT2D eigenvalue weighted by Gasteiger charge is -2.26. The molecule has 0 bridgehead atoms. The summed E-state index contributed by atoms with van der Waals surface area (Å²) < 4.78 is 1.54. The summed E-state index contributed by atoms with van der Waals surface area (Å²) in [6.07, 6.45) is 5.96. The number of fused-ring (bicyclic) bond motifs is 1. The molecule has 2 heterocycles. The lowest BCUT2D eigenvalue weighted by molar-refractivity contribution is 0.338. The smallest absolute Gasteiger partial charge is 0.328 e.